The van der Waals surface area contributed by atoms with E-state index in [9.17, 15) is 12.3 Å². The van der Waals surface area contributed by atoms with E-state index in [2.05, 4.69) is 4.98 Å². The third kappa shape index (κ3) is 4.01. The zero-order valence-corrected chi connectivity index (χ0v) is 9.48. The lowest BCUT2D eigenvalue weighted by Gasteiger charge is -2.05. The number of pyridine rings is 1. The van der Waals surface area contributed by atoms with Gasteiger partial charge in [0.25, 0.3) is 0 Å². The summed E-state index contributed by atoms with van der Waals surface area (Å²) in [5, 5.41) is 0.235. The second-order valence-corrected chi connectivity index (χ2v) is 4.67. The van der Waals surface area contributed by atoms with E-state index in [0.717, 1.165) is 0 Å². The van der Waals surface area contributed by atoms with Crippen LogP contribution in [0.2, 0.25) is 5.15 Å². The van der Waals surface area contributed by atoms with Crippen molar-refractivity contribution in [3.8, 4) is 5.88 Å². The Labute approximate surface area is 92.2 Å². The maximum absolute atomic E-state index is 12.3. The van der Waals surface area contributed by atoms with Crippen molar-refractivity contribution in [3.05, 3.63) is 22.8 Å². The predicted octanol–water partition coefficient (Wildman–Crippen LogP) is 1.59. The normalized spacial score (nSPS) is 11.4. The highest BCUT2D eigenvalue weighted by atomic mass is 35.5. The Balaban J connectivity index is 2.85. The summed E-state index contributed by atoms with van der Waals surface area (Å²) in [6.45, 7) is 0. The maximum atomic E-state index is 12.3. The Kier molecular flexibility index (Phi) is 3.87. The summed E-state index contributed by atoms with van der Waals surface area (Å²) in [5.74, 6) is -0.377. The first-order valence-electron chi connectivity index (χ1n) is 4.04. The molecule has 0 N–H and O–H groups in total. The van der Waals surface area contributed by atoms with Crippen LogP contribution >= 0.6 is 11.6 Å². The summed E-state index contributed by atoms with van der Waals surface area (Å²) in [5.41, 5.74) is 0.503. The quantitative estimate of drug-likeness (QED) is 0.604. The molecule has 1 rings (SSSR count). The van der Waals surface area contributed by atoms with Crippen molar-refractivity contribution in [3.63, 3.8) is 0 Å². The molecule has 0 atom stereocenters. The number of hydrogen-bond donors (Lipinski definition) is 0. The minimum atomic E-state index is -4.47. The van der Waals surface area contributed by atoms with Crippen LogP contribution in [-0.4, -0.2) is 26.3 Å². The number of hydrogen-bond acceptors (Lipinski definition) is 4. The van der Waals surface area contributed by atoms with Gasteiger partial charge in [-0.25, -0.2) is 4.98 Å². The summed E-state index contributed by atoms with van der Waals surface area (Å²) in [6.07, 6.45) is 0.00613. The van der Waals surface area contributed by atoms with E-state index in [4.69, 9.17) is 16.3 Å². The molecule has 0 amide bonds. The molecule has 0 saturated carbocycles. The molecule has 1 heterocycles. The zero-order valence-electron chi connectivity index (χ0n) is 7.91. The average molecular weight is 254 g/mol. The van der Waals surface area contributed by atoms with E-state index in [1.807, 2.05) is 0 Å². The van der Waals surface area contributed by atoms with Crippen molar-refractivity contribution in [2.75, 3.05) is 12.9 Å². The van der Waals surface area contributed by atoms with Gasteiger partial charge in [0, 0.05) is 5.56 Å². The highest BCUT2D eigenvalue weighted by Gasteiger charge is 2.11. The molecule has 0 aliphatic rings. The van der Waals surface area contributed by atoms with Gasteiger partial charge in [-0.1, -0.05) is 17.7 Å². The molecular weight excluding hydrogens is 245 g/mol. The molecule has 0 spiro atoms. The molecule has 1 aromatic rings. The van der Waals surface area contributed by atoms with Gasteiger partial charge in [0.15, 0.2) is 0 Å². The fourth-order valence-electron chi connectivity index (χ4n) is 1.05. The number of aromatic nitrogens is 1. The van der Waals surface area contributed by atoms with Crippen molar-refractivity contribution < 1.29 is 17.0 Å². The first-order chi connectivity index (χ1) is 6.92. The van der Waals surface area contributed by atoms with Crippen molar-refractivity contribution in [2.24, 2.45) is 0 Å². The largest absolute Gasteiger partial charge is 0.481 e. The van der Waals surface area contributed by atoms with E-state index in [1.165, 1.54) is 13.2 Å². The summed E-state index contributed by atoms with van der Waals surface area (Å²) >= 11 is 5.60. The van der Waals surface area contributed by atoms with Gasteiger partial charge in [0.05, 0.1) is 12.9 Å². The lowest BCUT2D eigenvalue weighted by Crippen LogP contribution is -2.04. The van der Waals surface area contributed by atoms with E-state index in [-0.39, 0.29) is 17.5 Å². The summed E-state index contributed by atoms with van der Waals surface area (Å²) in [4.78, 5) is 3.82. The number of aryl methyl sites for hydroxylation is 1. The lowest BCUT2D eigenvalue weighted by atomic mass is 10.2. The molecule has 0 aromatic carbocycles. The molecular formula is C8H9ClFNO3S. The van der Waals surface area contributed by atoms with Crippen LogP contribution in [0.3, 0.4) is 0 Å². The molecule has 1 aromatic heterocycles. The van der Waals surface area contributed by atoms with Gasteiger partial charge < -0.3 is 4.74 Å². The van der Waals surface area contributed by atoms with E-state index in [0.29, 0.717) is 5.56 Å². The first kappa shape index (κ1) is 12.2. The summed E-state index contributed by atoms with van der Waals surface area (Å²) in [6, 6.07) is 3.05. The van der Waals surface area contributed by atoms with Crippen molar-refractivity contribution in [2.45, 2.75) is 6.42 Å². The fourth-order valence-corrected chi connectivity index (χ4v) is 1.65. The number of halogens is 2. The van der Waals surface area contributed by atoms with Gasteiger partial charge in [0.1, 0.15) is 5.15 Å². The molecule has 0 saturated heterocycles. The second-order valence-electron chi connectivity index (χ2n) is 2.80. The third-order valence-corrected chi connectivity index (χ3v) is 2.62. The Morgan fingerprint density at radius 1 is 1.53 bits per heavy atom. The SMILES string of the molecule is COc1nc(Cl)ccc1CCS(=O)(=O)F. The van der Waals surface area contributed by atoms with Gasteiger partial charge in [-0.15, -0.1) is 3.89 Å². The van der Waals surface area contributed by atoms with Crippen molar-refractivity contribution >= 4 is 21.8 Å². The molecule has 0 bridgehead atoms. The van der Waals surface area contributed by atoms with E-state index in [1.54, 1.807) is 6.07 Å². The lowest BCUT2D eigenvalue weighted by molar-refractivity contribution is 0.393. The fraction of sp³-hybridized carbons (Fsp3) is 0.375. The molecule has 0 radical (unpaired) electrons. The molecule has 0 fully saturated rings. The van der Waals surface area contributed by atoms with Crippen LogP contribution < -0.4 is 4.74 Å². The van der Waals surface area contributed by atoms with Crippen molar-refractivity contribution in [1.29, 1.82) is 0 Å². The standard InChI is InChI=1S/C8H9ClFNO3S/c1-14-8-6(2-3-7(9)11-8)4-5-15(10,12)13/h2-3H,4-5H2,1H3. The van der Waals surface area contributed by atoms with Crippen LogP contribution in [0.15, 0.2) is 12.1 Å². The van der Waals surface area contributed by atoms with Crippen LogP contribution in [0.5, 0.6) is 5.88 Å². The van der Waals surface area contributed by atoms with Gasteiger partial charge in [0.2, 0.25) is 5.88 Å². The second kappa shape index (κ2) is 4.76. The van der Waals surface area contributed by atoms with Crippen LogP contribution in [0, 0.1) is 0 Å². The van der Waals surface area contributed by atoms with E-state index < -0.39 is 16.0 Å². The minimum Gasteiger partial charge on any atom is -0.481 e. The van der Waals surface area contributed by atoms with Gasteiger partial charge in [-0.3, -0.25) is 0 Å². The minimum absolute atomic E-state index is 0.00613. The number of rotatable bonds is 4. The molecule has 7 heteroatoms. The summed E-state index contributed by atoms with van der Waals surface area (Å²) in [7, 11) is -3.09. The highest BCUT2D eigenvalue weighted by Crippen LogP contribution is 2.19. The average Bonchev–Trinajstić information content (AvgIpc) is 2.14. The number of methoxy groups -OCH3 is 1. The van der Waals surface area contributed by atoms with Gasteiger partial charge in [-0.05, 0) is 12.5 Å². The topological polar surface area (TPSA) is 56.3 Å². The Morgan fingerprint density at radius 3 is 2.73 bits per heavy atom. The van der Waals surface area contributed by atoms with E-state index >= 15 is 0 Å². The Bertz CT molecular complexity index is 449. The molecule has 4 nitrogen and oxygen atoms in total. The zero-order chi connectivity index (χ0) is 11.5. The van der Waals surface area contributed by atoms with Gasteiger partial charge in [-0.2, -0.15) is 8.42 Å². The molecule has 0 aliphatic carbocycles. The van der Waals surface area contributed by atoms with Crippen LogP contribution in [0.4, 0.5) is 3.89 Å². The monoisotopic (exact) mass is 253 g/mol. The van der Waals surface area contributed by atoms with Crippen LogP contribution in [0.25, 0.3) is 0 Å². The number of ether oxygens (including phenoxy) is 1. The van der Waals surface area contributed by atoms with Crippen LogP contribution in [-0.2, 0) is 16.6 Å². The molecule has 0 unspecified atom stereocenters. The molecule has 84 valence electrons. The third-order valence-electron chi connectivity index (χ3n) is 1.71. The van der Waals surface area contributed by atoms with Crippen molar-refractivity contribution in [1.82, 2.24) is 4.98 Å². The Hall–Kier alpha value is -0.880. The molecule has 15 heavy (non-hydrogen) atoms. The number of nitrogens with zero attached hydrogens (tertiary/aromatic N) is 1. The maximum Gasteiger partial charge on any atom is 0.302 e. The highest BCUT2D eigenvalue weighted by molar-refractivity contribution is 7.86. The van der Waals surface area contributed by atoms with Gasteiger partial charge >= 0.3 is 10.2 Å². The predicted molar refractivity (Wildman–Crippen MR) is 54.4 cm³/mol. The summed E-state index contributed by atoms with van der Waals surface area (Å²) < 4.78 is 37.8. The smallest absolute Gasteiger partial charge is 0.302 e. The first-order valence-corrected chi connectivity index (χ1v) is 5.97. The Morgan fingerprint density at radius 2 is 2.20 bits per heavy atom. The van der Waals surface area contributed by atoms with Crippen LogP contribution in [0.1, 0.15) is 5.56 Å². The molecule has 0 aliphatic heterocycles.